The summed E-state index contributed by atoms with van der Waals surface area (Å²) in [5, 5.41) is 12.5. The maximum Gasteiger partial charge on any atom is 0.222 e. The zero-order chi connectivity index (χ0) is 10.7. The first-order valence-electron chi connectivity index (χ1n) is 5.49. The van der Waals surface area contributed by atoms with Crippen LogP contribution in [0.4, 0.5) is 0 Å². The lowest BCUT2D eigenvalue weighted by atomic mass is 9.84. The lowest BCUT2D eigenvalue weighted by molar-refractivity contribution is -0.125. The van der Waals surface area contributed by atoms with Crippen LogP contribution in [0.25, 0.3) is 0 Å². The van der Waals surface area contributed by atoms with Crippen molar-refractivity contribution in [1.82, 2.24) is 5.32 Å². The number of aliphatic hydroxyl groups is 1. The highest BCUT2D eigenvalue weighted by atomic mass is 16.3. The molecule has 0 aromatic rings. The van der Waals surface area contributed by atoms with E-state index in [1.165, 1.54) is 0 Å². The molecule has 1 amide bonds. The zero-order valence-corrected chi connectivity index (χ0v) is 9.29. The van der Waals surface area contributed by atoms with Gasteiger partial charge >= 0.3 is 0 Å². The molecule has 1 aliphatic rings. The molecule has 1 unspecified atom stereocenters. The minimum absolute atomic E-state index is 0.0529. The fourth-order valence-electron chi connectivity index (χ4n) is 1.88. The van der Waals surface area contributed by atoms with Crippen molar-refractivity contribution >= 4 is 5.91 Å². The van der Waals surface area contributed by atoms with Crippen molar-refractivity contribution in [3.63, 3.8) is 0 Å². The number of aliphatic hydroxyl groups excluding tert-OH is 1. The number of rotatable bonds is 2. The zero-order valence-electron chi connectivity index (χ0n) is 9.29. The Morgan fingerprint density at radius 3 is 2.57 bits per heavy atom. The molecule has 0 aromatic carbocycles. The number of hydrogen-bond donors (Lipinski definition) is 2. The average molecular weight is 199 g/mol. The van der Waals surface area contributed by atoms with Gasteiger partial charge < -0.3 is 10.4 Å². The van der Waals surface area contributed by atoms with Crippen LogP contribution >= 0.6 is 0 Å². The Kier molecular flexibility index (Phi) is 3.93. The predicted molar refractivity (Wildman–Crippen MR) is 55.8 cm³/mol. The maximum atomic E-state index is 11.4. The molecular formula is C11H21NO2. The molecule has 14 heavy (non-hydrogen) atoms. The number of hydrogen-bond acceptors (Lipinski definition) is 2. The Balaban J connectivity index is 2.37. The van der Waals surface area contributed by atoms with Gasteiger partial charge in [0.2, 0.25) is 5.91 Å². The molecule has 0 heterocycles. The van der Waals surface area contributed by atoms with Crippen LogP contribution in [-0.2, 0) is 4.79 Å². The van der Waals surface area contributed by atoms with E-state index in [0.29, 0.717) is 5.92 Å². The Bertz CT molecular complexity index is 203. The smallest absolute Gasteiger partial charge is 0.222 e. The van der Waals surface area contributed by atoms with E-state index >= 15 is 0 Å². The Morgan fingerprint density at radius 2 is 2.07 bits per heavy atom. The van der Waals surface area contributed by atoms with Gasteiger partial charge in [-0.3, -0.25) is 4.79 Å². The third-order valence-corrected chi connectivity index (χ3v) is 2.99. The monoisotopic (exact) mass is 199 g/mol. The van der Waals surface area contributed by atoms with E-state index in [-0.39, 0.29) is 24.0 Å². The summed E-state index contributed by atoms with van der Waals surface area (Å²) in [7, 11) is 0. The van der Waals surface area contributed by atoms with Crippen LogP contribution in [0.15, 0.2) is 0 Å². The number of carbonyl (C=O) groups excluding carboxylic acids is 1. The summed E-state index contributed by atoms with van der Waals surface area (Å²) in [5.41, 5.74) is 0. The van der Waals surface area contributed by atoms with E-state index in [4.69, 9.17) is 0 Å². The first-order valence-corrected chi connectivity index (χ1v) is 5.49. The minimum Gasteiger partial charge on any atom is -0.393 e. The highest BCUT2D eigenvalue weighted by molar-refractivity contribution is 5.78. The highest BCUT2D eigenvalue weighted by Crippen LogP contribution is 2.24. The molecule has 1 rings (SSSR count). The van der Waals surface area contributed by atoms with E-state index in [1.54, 1.807) is 0 Å². The summed E-state index contributed by atoms with van der Waals surface area (Å²) in [6.07, 6.45) is 2.44. The standard InChI is InChI=1S/C11H21NO2/c1-7(2)11(14)12-9-4-5-10(13)8(3)6-9/h7-10,13H,4-6H2,1-3H3,(H,12,14)/t8-,9-,10?/m1/s1. The molecule has 3 atom stereocenters. The fraction of sp³-hybridized carbons (Fsp3) is 0.909. The second-order valence-electron chi connectivity index (χ2n) is 4.72. The maximum absolute atomic E-state index is 11.4. The third-order valence-electron chi connectivity index (χ3n) is 2.99. The summed E-state index contributed by atoms with van der Waals surface area (Å²) in [6, 6.07) is 0.267. The van der Waals surface area contributed by atoms with Crippen LogP contribution in [-0.4, -0.2) is 23.2 Å². The Hall–Kier alpha value is -0.570. The lowest BCUT2D eigenvalue weighted by Crippen LogP contribution is -2.43. The SMILES string of the molecule is CC(C)C(=O)N[C@@H]1CCC(O)[C@H](C)C1. The van der Waals surface area contributed by atoms with Gasteiger partial charge in [-0.05, 0) is 25.2 Å². The summed E-state index contributed by atoms with van der Waals surface area (Å²) in [4.78, 5) is 11.4. The van der Waals surface area contributed by atoms with Crippen LogP contribution in [0.2, 0.25) is 0 Å². The number of carbonyl (C=O) groups is 1. The second kappa shape index (κ2) is 4.78. The molecule has 1 saturated carbocycles. The van der Waals surface area contributed by atoms with Crippen LogP contribution in [0.3, 0.4) is 0 Å². The van der Waals surface area contributed by atoms with Crippen LogP contribution in [0.1, 0.15) is 40.0 Å². The van der Waals surface area contributed by atoms with Crippen LogP contribution in [0, 0.1) is 11.8 Å². The van der Waals surface area contributed by atoms with Crippen molar-refractivity contribution in [1.29, 1.82) is 0 Å². The highest BCUT2D eigenvalue weighted by Gasteiger charge is 2.27. The minimum atomic E-state index is -0.179. The van der Waals surface area contributed by atoms with Gasteiger partial charge in [0.05, 0.1) is 6.10 Å². The molecule has 0 saturated heterocycles. The molecule has 82 valence electrons. The Labute approximate surface area is 85.9 Å². The fourth-order valence-corrected chi connectivity index (χ4v) is 1.88. The molecule has 0 aromatic heterocycles. The molecular weight excluding hydrogens is 178 g/mol. The van der Waals surface area contributed by atoms with E-state index < -0.39 is 0 Å². The Morgan fingerprint density at radius 1 is 1.43 bits per heavy atom. The van der Waals surface area contributed by atoms with Gasteiger partial charge in [-0.25, -0.2) is 0 Å². The molecule has 0 spiro atoms. The lowest BCUT2D eigenvalue weighted by Gasteiger charge is -2.31. The van der Waals surface area contributed by atoms with Gasteiger partial charge in [-0.2, -0.15) is 0 Å². The molecule has 0 radical (unpaired) electrons. The molecule has 2 N–H and O–H groups in total. The van der Waals surface area contributed by atoms with Crippen molar-refractivity contribution in [3.05, 3.63) is 0 Å². The number of amides is 1. The summed E-state index contributed by atoms with van der Waals surface area (Å²) < 4.78 is 0. The molecule has 0 bridgehead atoms. The summed E-state index contributed by atoms with van der Waals surface area (Å²) in [6.45, 7) is 5.84. The first-order chi connectivity index (χ1) is 6.50. The van der Waals surface area contributed by atoms with Gasteiger partial charge in [0, 0.05) is 12.0 Å². The summed E-state index contributed by atoms with van der Waals surface area (Å²) in [5.74, 6) is 0.483. The molecule has 3 nitrogen and oxygen atoms in total. The van der Waals surface area contributed by atoms with Crippen LogP contribution < -0.4 is 5.32 Å². The average Bonchev–Trinajstić information content (AvgIpc) is 2.11. The largest absolute Gasteiger partial charge is 0.393 e. The van der Waals surface area contributed by atoms with Gasteiger partial charge in [0.1, 0.15) is 0 Å². The van der Waals surface area contributed by atoms with Crippen molar-refractivity contribution in [2.45, 2.75) is 52.2 Å². The van der Waals surface area contributed by atoms with E-state index in [0.717, 1.165) is 19.3 Å². The van der Waals surface area contributed by atoms with Gasteiger partial charge in [0.25, 0.3) is 0 Å². The normalized spacial score (nSPS) is 33.1. The first kappa shape index (κ1) is 11.5. The van der Waals surface area contributed by atoms with Gasteiger partial charge in [-0.15, -0.1) is 0 Å². The van der Waals surface area contributed by atoms with Gasteiger partial charge in [0.15, 0.2) is 0 Å². The second-order valence-corrected chi connectivity index (χ2v) is 4.72. The van der Waals surface area contributed by atoms with Gasteiger partial charge in [-0.1, -0.05) is 20.8 Å². The quantitative estimate of drug-likeness (QED) is 0.704. The topological polar surface area (TPSA) is 49.3 Å². The van der Waals surface area contributed by atoms with E-state index in [1.807, 2.05) is 20.8 Å². The van der Waals surface area contributed by atoms with Crippen LogP contribution in [0.5, 0.6) is 0 Å². The van der Waals surface area contributed by atoms with Crippen molar-refractivity contribution < 1.29 is 9.90 Å². The summed E-state index contributed by atoms with van der Waals surface area (Å²) >= 11 is 0. The van der Waals surface area contributed by atoms with E-state index in [9.17, 15) is 9.90 Å². The van der Waals surface area contributed by atoms with E-state index in [2.05, 4.69) is 5.32 Å². The van der Waals surface area contributed by atoms with Crippen molar-refractivity contribution in [3.8, 4) is 0 Å². The molecule has 3 heteroatoms. The van der Waals surface area contributed by atoms with Crippen molar-refractivity contribution in [2.24, 2.45) is 11.8 Å². The molecule has 1 fully saturated rings. The van der Waals surface area contributed by atoms with Crippen molar-refractivity contribution in [2.75, 3.05) is 0 Å². The number of nitrogens with one attached hydrogen (secondary N) is 1. The third kappa shape index (κ3) is 2.98. The molecule has 0 aliphatic heterocycles. The predicted octanol–water partition coefficient (Wildman–Crippen LogP) is 1.31. The molecule has 1 aliphatic carbocycles.